The Hall–Kier alpha value is -1.16. The second-order valence-electron chi connectivity index (χ2n) is 6.42. The second kappa shape index (κ2) is 7.21. The molecule has 1 aromatic heterocycles. The van der Waals surface area contributed by atoms with Gasteiger partial charge in [0.1, 0.15) is 5.69 Å². The molecular weight excluding hydrogens is 262 g/mol. The number of unbranched alkanes of at least 4 members (excludes halogenated alkanes) is 3. The minimum Gasteiger partial charge on any atom is -0.476 e. The first-order valence-electron chi connectivity index (χ1n) is 8.54. The van der Waals surface area contributed by atoms with Gasteiger partial charge in [-0.1, -0.05) is 26.2 Å². The van der Waals surface area contributed by atoms with Gasteiger partial charge >= 0.3 is 0 Å². The van der Waals surface area contributed by atoms with Crippen LogP contribution in [0.3, 0.4) is 0 Å². The van der Waals surface area contributed by atoms with Crippen molar-refractivity contribution in [1.82, 2.24) is 14.9 Å². The fraction of sp³-hybridized carbons (Fsp3) is 0.765. The highest BCUT2D eigenvalue weighted by atomic mass is 16.5. The van der Waals surface area contributed by atoms with E-state index in [0.29, 0.717) is 5.92 Å². The molecule has 116 valence electrons. The predicted octanol–water partition coefficient (Wildman–Crippen LogP) is 3.24. The molecule has 2 saturated heterocycles. The van der Waals surface area contributed by atoms with E-state index in [9.17, 15) is 0 Å². The van der Waals surface area contributed by atoms with Crippen LogP contribution in [-0.4, -0.2) is 41.1 Å². The van der Waals surface area contributed by atoms with Crippen molar-refractivity contribution in [2.75, 3.05) is 26.2 Å². The normalized spacial score (nSPS) is 27.8. The standard InChI is InChI=1S/C17H27N3O/c1-2-3-4-5-11-21-17-16(18-8-9-19-17)15-13-20-10-6-7-14(15)12-20/h8-9,14-15H,2-7,10-13H2,1H3/t14?,15-/m0/s1. The number of ether oxygens (including phenoxy) is 1. The maximum Gasteiger partial charge on any atom is 0.235 e. The summed E-state index contributed by atoms with van der Waals surface area (Å²) in [5, 5.41) is 0. The van der Waals surface area contributed by atoms with Crippen molar-refractivity contribution in [3.8, 4) is 5.88 Å². The Kier molecular flexibility index (Phi) is 5.07. The average molecular weight is 289 g/mol. The van der Waals surface area contributed by atoms with E-state index in [4.69, 9.17) is 4.74 Å². The molecule has 0 saturated carbocycles. The molecule has 3 atom stereocenters. The Morgan fingerprint density at radius 3 is 2.95 bits per heavy atom. The van der Waals surface area contributed by atoms with Gasteiger partial charge < -0.3 is 9.64 Å². The molecule has 4 nitrogen and oxygen atoms in total. The molecule has 2 unspecified atom stereocenters. The van der Waals surface area contributed by atoms with E-state index < -0.39 is 0 Å². The Morgan fingerprint density at radius 1 is 1.19 bits per heavy atom. The van der Waals surface area contributed by atoms with Crippen molar-refractivity contribution in [3.05, 3.63) is 18.1 Å². The molecule has 0 amide bonds. The van der Waals surface area contributed by atoms with Crippen LogP contribution in [0.15, 0.2) is 12.4 Å². The van der Waals surface area contributed by atoms with E-state index in [1.165, 1.54) is 45.2 Å². The Morgan fingerprint density at radius 2 is 2.10 bits per heavy atom. The lowest BCUT2D eigenvalue weighted by molar-refractivity contribution is 0.268. The van der Waals surface area contributed by atoms with Gasteiger partial charge in [-0.25, -0.2) is 4.98 Å². The van der Waals surface area contributed by atoms with Crippen LogP contribution >= 0.6 is 0 Å². The van der Waals surface area contributed by atoms with Crippen LogP contribution in [-0.2, 0) is 0 Å². The molecule has 2 fully saturated rings. The van der Waals surface area contributed by atoms with Crippen molar-refractivity contribution >= 4 is 0 Å². The summed E-state index contributed by atoms with van der Waals surface area (Å²) in [6.45, 7) is 6.62. The fourth-order valence-corrected chi connectivity index (χ4v) is 3.72. The molecule has 3 rings (SSSR count). The van der Waals surface area contributed by atoms with Gasteiger partial charge in [-0.2, -0.15) is 0 Å². The molecule has 3 heterocycles. The molecule has 0 radical (unpaired) electrons. The largest absolute Gasteiger partial charge is 0.476 e. The third-order valence-corrected chi connectivity index (χ3v) is 4.84. The zero-order valence-electron chi connectivity index (χ0n) is 13.1. The Bertz CT molecular complexity index is 451. The highest BCUT2D eigenvalue weighted by Gasteiger charge is 2.38. The van der Waals surface area contributed by atoms with Crippen LogP contribution in [0.25, 0.3) is 0 Å². The zero-order valence-corrected chi connectivity index (χ0v) is 13.1. The zero-order chi connectivity index (χ0) is 14.5. The SMILES string of the molecule is CCCCCCOc1nccnc1[C@H]1CN2CCCC1C2. The van der Waals surface area contributed by atoms with Crippen molar-refractivity contribution in [3.63, 3.8) is 0 Å². The van der Waals surface area contributed by atoms with E-state index >= 15 is 0 Å². The number of hydrogen-bond donors (Lipinski definition) is 0. The number of fused-ring (bicyclic) bond motifs is 2. The van der Waals surface area contributed by atoms with Gasteiger partial charge in [-0.3, -0.25) is 4.98 Å². The second-order valence-corrected chi connectivity index (χ2v) is 6.42. The quantitative estimate of drug-likeness (QED) is 0.722. The molecule has 2 aliphatic heterocycles. The summed E-state index contributed by atoms with van der Waals surface area (Å²) in [6, 6.07) is 0. The van der Waals surface area contributed by atoms with Gasteiger partial charge in [0.2, 0.25) is 5.88 Å². The number of piperidine rings is 1. The van der Waals surface area contributed by atoms with Crippen LogP contribution in [0, 0.1) is 5.92 Å². The van der Waals surface area contributed by atoms with Gasteiger partial charge in [-0.15, -0.1) is 0 Å². The lowest BCUT2D eigenvalue weighted by atomic mass is 9.89. The molecule has 4 heteroatoms. The first-order chi connectivity index (χ1) is 10.4. The van der Waals surface area contributed by atoms with Crippen LogP contribution in [0.1, 0.15) is 57.1 Å². The maximum atomic E-state index is 5.95. The topological polar surface area (TPSA) is 38.3 Å². The van der Waals surface area contributed by atoms with Gasteiger partial charge in [0.05, 0.1) is 6.61 Å². The fourth-order valence-electron chi connectivity index (χ4n) is 3.72. The average Bonchev–Trinajstić information content (AvgIpc) is 2.81. The first kappa shape index (κ1) is 14.8. The van der Waals surface area contributed by atoms with Crippen molar-refractivity contribution in [2.45, 2.75) is 51.4 Å². The van der Waals surface area contributed by atoms with Crippen LogP contribution in [0.5, 0.6) is 5.88 Å². The van der Waals surface area contributed by atoms with Crippen molar-refractivity contribution in [1.29, 1.82) is 0 Å². The molecule has 0 N–H and O–H groups in total. The summed E-state index contributed by atoms with van der Waals surface area (Å²) in [6.07, 6.45) is 11.1. The third kappa shape index (κ3) is 3.54. The van der Waals surface area contributed by atoms with Crippen LogP contribution in [0.4, 0.5) is 0 Å². The number of hydrogen-bond acceptors (Lipinski definition) is 4. The summed E-state index contributed by atoms with van der Waals surface area (Å²) in [5.41, 5.74) is 1.10. The van der Waals surface area contributed by atoms with Crippen molar-refractivity contribution in [2.24, 2.45) is 5.92 Å². The molecule has 2 bridgehead atoms. The monoisotopic (exact) mass is 289 g/mol. The number of aromatic nitrogens is 2. The lowest BCUT2D eigenvalue weighted by Gasteiger charge is -2.22. The summed E-state index contributed by atoms with van der Waals surface area (Å²) in [5.74, 6) is 2.05. The van der Waals surface area contributed by atoms with Gasteiger partial charge in [0.25, 0.3) is 0 Å². The van der Waals surface area contributed by atoms with Gasteiger partial charge in [0.15, 0.2) is 0 Å². The molecule has 21 heavy (non-hydrogen) atoms. The highest BCUT2D eigenvalue weighted by molar-refractivity contribution is 5.25. The minimum absolute atomic E-state index is 0.520. The van der Waals surface area contributed by atoms with E-state index in [2.05, 4.69) is 21.8 Å². The van der Waals surface area contributed by atoms with E-state index in [-0.39, 0.29) is 0 Å². The predicted molar refractivity (Wildman–Crippen MR) is 83.6 cm³/mol. The summed E-state index contributed by atoms with van der Waals surface area (Å²) in [7, 11) is 0. The third-order valence-electron chi connectivity index (χ3n) is 4.84. The molecule has 0 spiro atoms. The lowest BCUT2D eigenvalue weighted by Crippen LogP contribution is -2.25. The van der Waals surface area contributed by atoms with Crippen molar-refractivity contribution < 1.29 is 4.74 Å². The highest BCUT2D eigenvalue weighted by Crippen LogP contribution is 2.40. The number of rotatable bonds is 7. The van der Waals surface area contributed by atoms with Crippen LogP contribution < -0.4 is 4.74 Å². The van der Waals surface area contributed by atoms with Crippen LogP contribution in [0.2, 0.25) is 0 Å². The van der Waals surface area contributed by atoms with E-state index in [1.54, 1.807) is 6.20 Å². The first-order valence-corrected chi connectivity index (χ1v) is 8.54. The molecule has 2 aliphatic rings. The smallest absolute Gasteiger partial charge is 0.235 e. The Balaban J connectivity index is 1.62. The molecule has 0 aromatic carbocycles. The maximum absolute atomic E-state index is 5.95. The molecule has 0 aliphatic carbocycles. The summed E-state index contributed by atoms with van der Waals surface area (Å²) in [4.78, 5) is 11.6. The van der Waals surface area contributed by atoms with Gasteiger partial charge in [-0.05, 0) is 31.7 Å². The number of nitrogens with zero attached hydrogens (tertiary/aromatic N) is 3. The Labute approximate surface area is 127 Å². The van der Waals surface area contributed by atoms with E-state index in [0.717, 1.165) is 37.1 Å². The minimum atomic E-state index is 0.520. The molecular formula is C17H27N3O. The summed E-state index contributed by atoms with van der Waals surface area (Å²) < 4.78 is 5.95. The summed E-state index contributed by atoms with van der Waals surface area (Å²) >= 11 is 0. The van der Waals surface area contributed by atoms with E-state index in [1.807, 2.05) is 6.20 Å². The molecule has 1 aromatic rings. The van der Waals surface area contributed by atoms with Gasteiger partial charge in [0, 0.05) is 31.4 Å².